The first-order valence-corrected chi connectivity index (χ1v) is 8.87. The lowest BCUT2D eigenvalue weighted by molar-refractivity contribution is -0.125. The average Bonchev–Trinajstić information content (AvgIpc) is 3.15. The van der Waals surface area contributed by atoms with E-state index in [4.69, 9.17) is 5.73 Å². The summed E-state index contributed by atoms with van der Waals surface area (Å²) in [6.07, 6.45) is 5.52. The van der Waals surface area contributed by atoms with E-state index in [2.05, 4.69) is 16.4 Å². The van der Waals surface area contributed by atoms with Gasteiger partial charge in [-0.05, 0) is 49.1 Å². The SMILES string of the molecule is N[C@@H]1C[C@@H]2CC(C(=O)NC(CO)Cc3c[nH]c4ccccc34)C[C@@H]21. The number of amides is 1. The molecule has 5 N–H and O–H groups in total. The fourth-order valence-electron chi connectivity index (χ4n) is 4.54. The quantitative estimate of drug-likeness (QED) is 0.672. The molecule has 5 heteroatoms. The van der Waals surface area contributed by atoms with E-state index in [-0.39, 0.29) is 30.5 Å². The van der Waals surface area contributed by atoms with Crippen LogP contribution in [0.15, 0.2) is 30.5 Å². The number of para-hydroxylation sites is 1. The van der Waals surface area contributed by atoms with Gasteiger partial charge < -0.3 is 21.1 Å². The van der Waals surface area contributed by atoms with Crippen molar-refractivity contribution in [1.82, 2.24) is 10.3 Å². The van der Waals surface area contributed by atoms with Gasteiger partial charge in [-0.25, -0.2) is 0 Å². The molecule has 128 valence electrons. The Balaban J connectivity index is 1.40. The summed E-state index contributed by atoms with van der Waals surface area (Å²) in [7, 11) is 0. The number of H-pyrrole nitrogens is 1. The summed E-state index contributed by atoms with van der Waals surface area (Å²) in [4.78, 5) is 15.8. The van der Waals surface area contributed by atoms with Gasteiger partial charge in [-0.3, -0.25) is 4.79 Å². The average molecular weight is 327 g/mol. The number of aliphatic hydroxyl groups excluding tert-OH is 1. The molecule has 0 aliphatic heterocycles. The van der Waals surface area contributed by atoms with Crippen LogP contribution in [0.2, 0.25) is 0 Å². The number of aliphatic hydroxyl groups is 1. The lowest BCUT2D eigenvalue weighted by atomic mass is 9.72. The van der Waals surface area contributed by atoms with Crippen LogP contribution in [0.5, 0.6) is 0 Å². The number of hydrogen-bond donors (Lipinski definition) is 4. The van der Waals surface area contributed by atoms with Gasteiger partial charge in [-0.15, -0.1) is 0 Å². The van der Waals surface area contributed by atoms with Crippen LogP contribution < -0.4 is 11.1 Å². The van der Waals surface area contributed by atoms with Gasteiger partial charge in [0.2, 0.25) is 5.91 Å². The van der Waals surface area contributed by atoms with Crippen LogP contribution in [-0.2, 0) is 11.2 Å². The summed E-state index contributed by atoms with van der Waals surface area (Å²) in [5.74, 6) is 1.31. The monoisotopic (exact) mass is 327 g/mol. The number of hydrogen-bond acceptors (Lipinski definition) is 3. The van der Waals surface area contributed by atoms with Crippen LogP contribution in [0.4, 0.5) is 0 Å². The first-order valence-electron chi connectivity index (χ1n) is 8.87. The van der Waals surface area contributed by atoms with Crippen LogP contribution in [0.3, 0.4) is 0 Å². The molecule has 2 aromatic rings. The minimum Gasteiger partial charge on any atom is -0.394 e. The van der Waals surface area contributed by atoms with Crippen LogP contribution in [-0.4, -0.2) is 34.7 Å². The van der Waals surface area contributed by atoms with Crippen LogP contribution in [0, 0.1) is 17.8 Å². The number of carbonyl (C=O) groups excluding carboxylic acids is 1. The van der Waals surface area contributed by atoms with E-state index in [1.807, 2.05) is 24.4 Å². The van der Waals surface area contributed by atoms with E-state index in [1.54, 1.807) is 0 Å². The molecule has 0 radical (unpaired) electrons. The van der Waals surface area contributed by atoms with Gasteiger partial charge in [-0.1, -0.05) is 18.2 Å². The first kappa shape index (κ1) is 15.7. The standard InChI is InChI=1S/C19H25N3O2/c20-17-8-11-5-12(7-16(11)17)19(24)22-14(10-23)6-13-9-21-18-4-2-1-3-15(13)18/h1-4,9,11-12,14,16-17,21,23H,5-8,10,20H2,(H,22,24)/t11-,12?,14?,16-,17+/m0/s1. The molecule has 0 saturated heterocycles. The molecule has 1 aromatic heterocycles. The summed E-state index contributed by atoms with van der Waals surface area (Å²) in [5, 5.41) is 13.9. The number of aromatic nitrogens is 1. The smallest absolute Gasteiger partial charge is 0.223 e. The Morgan fingerprint density at radius 3 is 2.92 bits per heavy atom. The molecule has 24 heavy (non-hydrogen) atoms. The third-order valence-electron chi connectivity index (χ3n) is 5.95. The zero-order valence-electron chi connectivity index (χ0n) is 13.7. The maximum Gasteiger partial charge on any atom is 0.223 e. The molecule has 1 amide bonds. The highest BCUT2D eigenvalue weighted by atomic mass is 16.3. The number of aromatic amines is 1. The third kappa shape index (κ3) is 2.72. The van der Waals surface area contributed by atoms with Gasteiger partial charge in [0.1, 0.15) is 0 Å². The number of benzene rings is 1. The van der Waals surface area contributed by atoms with E-state index < -0.39 is 0 Å². The van der Waals surface area contributed by atoms with Gasteiger partial charge in [0, 0.05) is 29.1 Å². The molecule has 1 heterocycles. The predicted molar refractivity (Wildman–Crippen MR) is 93.3 cm³/mol. The van der Waals surface area contributed by atoms with Gasteiger partial charge in [0.25, 0.3) is 0 Å². The molecule has 0 bridgehead atoms. The highest BCUT2D eigenvalue weighted by Crippen LogP contribution is 2.48. The van der Waals surface area contributed by atoms with Crippen molar-refractivity contribution in [3.63, 3.8) is 0 Å². The fourth-order valence-corrected chi connectivity index (χ4v) is 4.54. The minimum absolute atomic E-state index is 0.0513. The minimum atomic E-state index is -0.247. The van der Waals surface area contributed by atoms with E-state index in [0.29, 0.717) is 18.3 Å². The predicted octanol–water partition coefficient (Wildman–Crippen LogP) is 1.56. The number of nitrogens with one attached hydrogen (secondary N) is 2. The number of fused-ring (bicyclic) bond motifs is 2. The van der Waals surface area contributed by atoms with Crippen molar-refractivity contribution in [1.29, 1.82) is 0 Å². The molecule has 2 aliphatic rings. The summed E-state index contributed by atoms with van der Waals surface area (Å²) < 4.78 is 0. The Kier molecular flexibility index (Phi) is 4.06. The Labute approximate surface area is 141 Å². The third-order valence-corrected chi connectivity index (χ3v) is 5.95. The normalized spacial score (nSPS) is 29.9. The second-order valence-corrected chi connectivity index (χ2v) is 7.44. The van der Waals surface area contributed by atoms with E-state index in [9.17, 15) is 9.90 Å². The molecule has 2 saturated carbocycles. The zero-order valence-corrected chi connectivity index (χ0v) is 13.7. The van der Waals surface area contributed by atoms with Gasteiger partial charge in [-0.2, -0.15) is 0 Å². The van der Waals surface area contributed by atoms with Crippen molar-refractivity contribution < 1.29 is 9.90 Å². The molecule has 1 aromatic carbocycles. The van der Waals surface area contributed by atoms with Crippen molar-refractivity contribution in [2.24, 2.45) is 23.5 Å². The van der Waals surface area contributed by atoms with E-state index >= 15 is 0 Å². The molecular weight excluding hydrogens is 302 g/mol. The van der Waals surface area contributed by atoms with Crippen LogP contribution in [0.25, 0.3) is 10.9 Å². The molecule has 0 spiro atoms. The van der Waals surface area contributed by atoms with E-state index in [0.717, 1.165) is 35.7 Å². The Morgan fingerprint density at radius 2 is 2.17 bits per heavy atom. The van der Waals surface area contributed by atoms with Crippen molar-refractivity contribution >= 4 is 16.8 Å². The van der Waals surface area contributed by atoms with Gasteiger partial charge in [0.15, 0.2) is 0 Å². The Bertz CT molecular complexity index is 741. The Hall–Kier alpha value is -1.85. The summed E-state index contributed by atoms with van der Waals surface area (Å²) >= 11 is 0. The lowest BCUT2D eigenvalue weighted by Crippen LogP contribution is -2.44. The first-order chi connectivity index (χ1) is 11.7. The molecule has 5 atom stereocenters. The highest BCUT2D eigenvalue weighted by Gasteiger charge is 2.47. The summed E-state index contributed by atoms with van der Waals surface area (Å²) in [5.41, 5.74) is 8.23. The summed E-state index contributed by atoms with van der Waals surface area (Å²) in [6, 6.07) is 8.13. The summed E-state index contributed by atoms with van der Waals surface area (Å²) in [6.45, 7) is -0.0513. The van der Waals surface area contributed by atoms with Crippen molar-refractivity contribution in [2.45, 2.75) is 37.8 Å². The zero-order chi connectivity index (χ0) is 16.7. The van der Waals surface area contributed by atoms with Crippen LogP contribution >= 0.6 is 0 Å². The molecule has 2 fully saturated rings. The van der Waals surface area contributed by atoms with Crippen molar-refractivity contribution in [3.05, 3.63) is 36.0 Å². The maximum absolute atomic E-state index is 12.6. The Morgan fingerprint density at radius 1 is 1.33 bits per heavy atom. The maximum atomic E-state index is 12.6. The molecular formula is C19H25N3O2. The van der Waals surface area contributed by atoms with E-state index in [1.165, 1.54) is 0 Å². The second-order valence-electron chi connectivity index (χ2n) is 7.44. The second kappa shape index (κ2) is 6.22. The van der Waals surface area contributed by atoms with Crippen LogP contribution in [0.1, 0.15) is 24.8 Å². The van der Waals surface area contributed by atoms with Gasteiger partial charge >= 0.3 is 0 Å². The molecule has 2 unspecified atom stereocenters. The fraction of sp³-hybridized carbons (Fsp3) is 0.526. The number of rotatable bonds is 5. The molecule has 2 aliphatic carbocycles. The number of nitrogens with two attached hydrogens (primary N) is 1. The topological polar surface area (TPSA) is 91.1 Å². The number of carbonyl (C=O) groups is 1. The molecule has 5 nitrogen and oxygen atoms in total. The van der Waals surface area contributed by atoms with Gasteiger partial charge in [0.05, 0.1) is 12.6 Å². The molecule has 4 rings (SSSR count). The highest BCUT2D eigenvalue weighted by molar-refractivity contribution is 5.83. The largest absolute Gasteiger partial charge is 0.394 e. The lowest BCUT2D eigenvalue weighted by Gasteiger charge is -2.37. The van der Waals surface area contributed by atoms with Crippen molar-refractivity contribution in [3.8, 4) is 0 Å². The van der Waals surface area contributed by atoms with Crippen molar-refractivity contribution in [2.75, 3.05) is 6.61 Å².